The average molecular weight is 316 g/mol. The fraction of sp³-hybridized carbons (Fsp3) is 0.692. The Morgan fingerprint density at radius 2 is 2.15 bits per heavy atom. The van der Waals surface area contributed by atoms with Crippen LogP contribution in [0.5, 0.6) is 0 Å². The fourth-order valence-corrected chi connectivity index (χ4v) is 3.16. The minimum atomic E-state index is -0.147. The molecule has 0 spiro atoms. The van der Waals surface area contributed by atoms with Crippen molar-refractivity contribution in [2.75, 3.05) is 22.6 Å². The lowest BCUT2D eigenvalue weighted by atomic mass is 10.1. The van der Waals surface area contributed by atoms with Gasteiger partial charge in [0.25, 0.3) is 5.91 Å². The second kappa shape index (κ2) is 7.17. The lowest BCUT2D eigenvalue weighted by Crippen LogP contribution is -2.34. The summed E-state index contributed by atoms with van der Waals surface area (Å²) in [4.78, 5) is 16.8. The molecule has 0 radical (unpaired) electrons. The zero-order valence-electron chi connectivity index (χ0n) is 12.7. The third-order valence-electron chi connectivity index (χ3n) is 2.29. The Hall–Kier alpha value is -0.950. The van der Waals surface area contributed by atoms with E-state index in [2.05, 4.69) is 22.5 Å². The highest BCUT2D eigenvalue weighted by Gasteiger charge is 2.20. The van der Waals surface area contributed by atoms with E-state index in [1.54, 1.807) is 11.8 Å². The van der Waals surface area contributed by atoms with Gasteiger partial charge in [-0.2, -0.15) is 11.8 Å². The van der Waals surface area contributed by atoms with Crippen LogP contribution in [0.1, 0.15) is 44.3 Å². The van der Waals surface area contributed by atoms with Gasteiger partial charge in [0.15, 0.2) is 5.13 Å². The van der Waals surface area contributed by atoms with E-state index < -0.39 is 0 Å². The molecule has 7 heteroatoms. The van der Waals surface area contributed by atoms with Crippen molar-refractivity contribution in [3.8, 4) is 0 Å². The van der Waals surface area contributed by atoms with E-state index in [1.165, 1.54) is 11.3 Å². The minimum absolute atomic E-state index is 0.108. The molecule has 1 amide bonds. The summed E-state index contributed by atoms with van der Waals surface area (Å²) in [5.41, 5.74) is 5.72. The van der Waals surface area contributed by atoms with Crippen molar-refractivity contribution in [3.05, 3.63) is 4.88 Å². The van der Waals surface area contributed by atoms with Gasteiger partial charge in [-0.1, -0.05) is 18.3 Å². The van der Waals surface area contributed by atoms with Gasteiger partial charge in [0.1, 0.15) is 10.7 Å². The van der Waals surface area contributed by atoms with Crippen molar-refractivity contribution in [2.45, 2.75) is 46.2 Å². The first kappa shape index (κ1) is 17.1. The summed E-state index contributed by atoms with van der Waals surface area (Å²) in [6.45, 7) is 10.2. The lowest BCUT2D eigenvalue weighted by Gasteiger charge is -2.19. The van der Waals surface area contributed by atoms with Crippen LogP contribution in [0, 0.1) is 0 Å². The van der Waals surface area contributed by atoms with Crippen molar-refractivity contribution in [3.63, 3.8) is 0 Å². The van der Waals surface area contributed by atoms with E-state index in [9.17, 15) is 4.79 Å². The summed E-state index contributed by atoms with van der Waals surface area (Å²) in [6, 6.07) is 0.118. The number of thioether (sulfide) groups is 1. The molecule has 0 aliphatic carbocycles. The second-order valence-corrected chi connectivity index (χ2v) is 7.96. The first-order chi connectivity index (χ1) is 9.23. The Morgan fingerprint density at radius 1 is 1.50 bits per heavy atom. The molecule has 0 aromatic carbocycles. The molecule has 0 aliphatic rings. The highest BCUT2D eigenvalue weighted by atomic mass is 32.2. The number of hydrogen-bond acceptors (Lipinski definition) is 6. The van der Waals surface area contributed by atoms with E-state index in [0.717, 1.165) is 11.5 Å². The third-order valence-corrected chi connectivity index (χ3v) is 4.42. The molecule has 1 aromatic heterocycles. The van der Waals surface area contributed by atoms with Gasteiger partial charge in [-0.25, -0.2) is 4.98 Å². The number of carbonyl (C=O) groups is 1. The Kier molecular flexibility index (Phi) is 6.13. The predicted molar refractivity (Wildman–Crippen MR) is 89.8 cm³/mol. The molecule has 0 aliphatic heterocycles. The van der Waals surface area contributed by atoms with Gasteiger partial charge in [-0.15, -0.1) is 0 Å². The van der Waals surface area contributed by atoms with Crippen LogP contribution >= 0.6 is 23.1 Å². The quantitative estimate of drug-likeness (QED) is 0.752. The van der Waals surface area contributed by atoms with Gasteiger partial charge in [-0.3, -0.25) is 4.79 Å². The Bertz CT molecular complexity index is 454. The predicted octanol–water partition coefficient (Wildman–Crippen LogP) is 2.81. The molecule has 1 heterocycles. The number of nitrogen functional groups attached to an aromatic ring is 1. The highest BCUT2D eigenvalue weighted by molar-refractivity contribution is 7.99. The van der Waals surface area contributed by atoms with Crippen LogP contribution in [0.15, 0.2) is 0 Å². The third kappa shape index (κ3) is 5.58. The van der Waals surface area contributed by atoms with Gasteiger partial charge >= 0.3 is 0 Å². The summed E-state index contributed by atoms with van der Waals surface area (Å²) in [7, 11) is 0. The largest absolute Gasteiger partial charge is 0.382 e. The molecular weight excluding hydrogens is 292 g/mol. The number of anilines is 2. The Labute approximate surface area is 129 Å². The van der Waals surface area contributed by atoms with Crippen molar-refractivity contribution in [1.29, 1.82) is 0 Å². The fourth-order valence-electron chi connectivity index (χ4n) is 1.49. The Morgan fingerprint density at radius 3 is 2.70 bits per heavy atom. The number of thiazole rings is 1. The van der Waals surface area contributed by atoms with E-state index in [0.29, 0.717) is 10.0 Å². The van der Waals surface area contributed by atoms with Crippen LogP contribution < -0.4 is 16.4 Å². The summed E-state index contributed by atoms with van der Waals surface area (Å²) >= 11 is 3.09. The maximum Gasteiger partial charge on any atom is 0.265 e. The zero-order chi connectivity index (χ0) is 15.3. The monoisotopic (exact) mass is 316 g/mol. The van der Waals surface area contributed by atoms with E-state index in [1.807, 2.05) is 27.7 Å². The summed E-state index contributed by atoms with van der Waals surface area (Å²) in [5, 5.41) is 6.86. The minimum Gasteiger partial charge on any atom is -0.382 e. The van der Waals surface area contributed by atoms with E-state index >= 15 is 0 Å². The van der Waals surface area contributed by atoms with Gasteiger partial charge < -0.3 is 16.4 Å². The molecule has 20 heavy (non-hydrogen) atoms. The molecule has 0 saturated carbocycles. The van der Waals surface area contributed by atoms with Crippen LogP contribution in [0.4, 0.5) is 10.9 Å². The zero-order valence-corrected chi connectivity index (χ0v) is 14.4. The second-order valence-electron chi connectivity index (χ2n) is 5.64. The van der Waals surface area contributed by atoms with E-state index in [-0.39, 0.29) is 23.3 Å². The summed E-state index contributed by atoms with van der Waals surface area (Å²) < 4.78 is 0. The van der Waals surface area contributed by atoms with Crippen molar-refractivity contribution in [2.24, 2.45) is 0 Å². The Balaban J connectivity index is 2.69. The topological polar surface area (TPSA) is 80.0 Å². The van der Waals surface area contributed by atoms with Gasteiger partial charge in [0, 0.05) is 17.3 Å². The van der Waals surface area contributed by atoms with Gasteiger partial charge in [-0.05, 0) is 33.4 Å². The van der Waals surface area contributed by atoms with Gasteiger partial charge in [0.05, 0.1) is 0 Å². The van der Waals surface area contributed by atoms with Crippen LogP contribution in [0.2, 0.25) is 0 Å². The van der Waals surface area contributed by atoms with Crippen LogP contribution in [0.25, 0.3) is 0 Å². The van der Waals surface area contributed by atoms with Crippen molar-refractivity contribution in [1.82, 2.24) is 10.3 Å². The number of hydrogen-bond donors (Lipinski definition) is 3. The smallest absolute Gasteiger partial charge is 0.265 e. The standard InChI is InChI=1S/C13H24N4OS2/c1-6-19-7-8(2)15-11(18)9-10(14)16-12(20-9)17-13(3,4)5/h8H,6-7,14H2,1-5H3,(H,15,18)(H,16,17). The maximum atomic E-state index is 12.2. The molecule has 1 unspecified atom stereocenters. The summed E-state index contributed by atoms with van der Waals surface area (Å²) in [5.74, 6) is 2.08. The molecule has 1 atom stereocenters. The molecular formula is C13H24N4OS2. The molecule has 0 saturated heterocycles. The number of nitrogens with two attached hydrogens (primary N) is 1. The lowest BCUT2D eigenvalue weighted by molar-refractivity contribution is 0.0948. The first-order valence-electron chi connectivity index (χ1n) is 6.66. The molecule has 1 aromatic rings. The first-order valence-corrected chi connectivity index (χ1v) is 8.63. The molecule has 4 N–H and O–H groups in total. The number of nitrogens with zero attached hydrogens (tertiary/aromatic N) is 1. The number of carbonyl (C=O) groups excluding carboxylic acids is 1. The number of rotatable bonds is 6. The average Bonchev–Trinajstić information content (AvgIpc) is 2.65. The SMILES string of the molecule is CCSCC(C)NC(=O)c1sc(NC(C)(C)C)nc1N. The maximum absolute atomic E-state index is 12.2. The van der Waals surface area contributed by atoms with E-state index in [4.69, 9.17) is 5.73 Å². The molecule has 1 rings (SSSR count). The number of aromatic nitrogens is 1. The summed E-state index contributed by atoms with van der Waals surface area (Å²) in [6.07, 6.45) is 0. The van der Waals surface area contributed by atoms with Crippen LogP contribution in [0.3, 0.4) is 0 Å². The van der Waals surface area contributed by atoms with Crippen molar-refractivity contribution >= 4 is 40.0 Å². The molecule has 114 valence electrons. The highest BCUT2D eigenvalue weighted by Crippen LogP contribution is 2.27. The van der Waals surface area contributed by atoms with Crippen LogP contribution in [-0.2, 0) is 0 Å². The normalized spacial score (nSPS) is 13.1. The van der Waals surface area contributed by atoms with Crippen molar-refractivity contribution < 1.29 is 4.79 Å². The number of amides is 1. The molecule has 5 nitrogen and oxygen atoms in total. The molecule has 0 bridgehead atoms. The number of nitrogens with one attached hydrogen (secondary N) is 2. The molecule has 0 fully saturated rings. The van der Waals surface area contributed by atoms with Crippen LogP contribution in [-0.4, -0.2) is 34.0 Å². The van der Waals surface area contributed by atoms with Gasteiger partial charge in [0.2, 0.25) is 0 Å².